The van der Waals surface area contributed by atoms with Gasteiger partial charge in [0.1, 0.15) is 0 Å². The molecule has 2 aliphatic rings. The molecule has 0 radical (unpaired) electrons. The molecule has 1 aromatic carbocycles. The van der Waals surface area contributed by atoms with Crippen molar-refractivity contribution in [1.82, 2.24) is 10.2 Å². The van der Waals surface area contributed by atoms with Gasteiger partial charge in [-0.05, 0) is 37.1 Å². The molecule has 2 saturated heterocycles. The number of rotatable bonds is 5. The van der Waals surface area contributed by atoms with E-state index < -0.39 is 0 Å². The minimum Gasteiger partial charge on any atom is -0.377 e. The van der Waals surface area contributed by atoms with Crippen LogP contribution in [-0.2, 0) is 30.1 Å². The smallest absolute Gasteiger partial charge is 0.0701 e. The fourth-order valence-corrected chi connectivity index (χ4v) is 4.02. The van der Waals surface area contributed by atoms with Crippen LogP contribution in [0.3, 0.4) is 0 Å². The summed E-state index contributed by atoms with van der Waals surface area (Å²) in [5, 5.41) is 3.42. The van der Waals surface area contributed by atoms with Crippen molar-refractivity contribution in [3.63, 3.8) is 0 Å². The molecule has 0 unspecified atom stereocenters. The fraction of sp³-hybridized carbons (Fsp3) is 0.760. The summed E-state index contributed by atoms with van der Waals surface area (Å²) in [6.45, 7) is 13.4. The largest absolute Gasteiger partial charge is 0.377 e. The lowest BCUT2D eigenvalue weighted by Gasteiger charge is -2.27. The molecule has 1 N–H and O–H groups in total. The first-order chi connectivity index (χ1) is 16.4. The average molecular weight is 466 g/mol. The van der Waals surface area contributed by atoms with E-state index in [9.17, 15) is 0 Å². The lowest BCUT2D eigenvalue weighted by Crippen LogP contribution is -2.43. The molecule has 0 aromatic heterocycles. The van der Waals surface area contributed by atoms with E-state index in [4.69, 9.17) is 23.7 Å². The Morgan fingerprint density at radius 2 is 1.09 bits per heavy atom. The first-order valence-electron chi connectivity index (χ1n) is 12.6. The number of nitrogens with zero attached hydrogens (tertiary/aromatic N) is 2. The van der Waals surface area contributed by atoms with E-state index in [2.05, 4.69) is 39.4 Å². The molecular weight excluding hydrogens is 422 g/mol. The van der Waals surface area contributed by atoms with Gasteiger partial charge in [0.15, 0.2) is 0 Å². The minimum atomic E-state index is 0.583. The quantitative estimate of drug-likeness (QED) is 0.701. The number of hydrogen-bond donors (Lipinski definition) is 1. The molecule has 0 aliphatic carbocycles. The van der Waals surface area contributed by atoms with Gasteiger partial charge >= 0.3 is 0 Å². The van der Waals surface area contributed by atoms with Crippen molar-refractivity contribution < 1.29 is 23.7 Å². The summed E-state index contributed by atoms with van der Waals surface area (Å²) >= 11 is 0. The highest BCUT2D eigenvalue weighted by Crippen LogP contribution is 2.16. The van der Waals surface area contributed by atoms with Crippen LogP contribution in [0, 0.1) is 0 Å². The van der Waals surface area contributed by atoms with E-state index in [1.54, 1.807) is 0 Å². The molecule has 0 atom stereocenters. The molecule has 0 saturated carbocycles. The molecule has 3 rings (SSSR count). The van der Waals surface area contributed by atoms with Crippen molar-refractivity contribution >= 4 is 5.69 Å². The second kappa shape index (κ2) is 17.2. The van der Waals surface area contributed by atoms with Crippen LogP contribution in [0.1, 0.15) is 12.0 Å². The van der Waals surface area contributed by atoms with Gasteiger partial charge in [-0.25, -0.2) is 0 Å². The first kappa shape index (κ1) is 26.3. The Labute approximate surface area is 199 Å². The van der Waals surface area contributed by atoms with Crippen molar-refractivity contribution in [2.75, 3.05) is 117 Å². The predicted octanol–water partition coefficient (Wildman–Crippen LogP) is 1.43. The fourth-order valence-electron chi connectivity index (χ4n) is 4.02. The van der Waals surface area contributed by atoms with Gasteiger partial charge in [0, 0.05) is 45.0 Å². The SMILES string of the molecule is c1cc(N2CCOCCOCCOCCOCCOCC2)ccc1CCCN1CCNCC1. The predicted molar refractivity (Wildman–Crippen MR) is 130 cm³/mol. The summed E-state index contributed by atoms with van der Waals surface area (Å²) in [5.41, 5.74) is 2.62. The summed E-state index contributed by atoms with van der Waals surface area (Å²) in [6.07, 6.45) is 2.34. The Kier molecular flexibility index (Phi) is 13.7. The van der Waals surface area contributed by atoms with Crippen LogP contribution in [0.4, 0.5) is 5.69 Å². The van der Waals surface area contributed by atoms with Crippen LogP contribution < -0.4 is 10.2 Å². The maximum absolute atomic E-state index is 5.79. The minimum absolute atomic E-state index is 0.583. The summed E-state index contributed by atoms with van der Waals surface area (Å²) in [5.74, 6) is 0. The molecule has 1 aromatic rings. The third kappa shape index (κ3) is 11.6. The molecule has 33 heavy (non-hydrogen) atoms. The highest BCUT2D eigenvalue weighted by atomic mass is 16.6. The van der Waals surface area contributed by atoms with Crippen molar-refractivity contribution in [1.29, 1.82) is 0 Å². The first-order valence-corrected chi connectivity index (χ1v) is 12.6. The van der Waals surface area contributed by atoms with Gasteiger partial charge in [-0.1, -0.05) is 12.1 Å². The summed E-state index contributed by atoms with van der Waals surface area (Å²) in [6, 6.07) is 9.00. The zero-order valence-corrected chi connectivity index (χ0v) is 20.2. The normalized spacial score (nSPS) is 21.9. The standard InChI is InChI=1S/C25H43N3O5/c1(9-27-10-7-26-8-11-27)2-24-3-5-25(6-4-24)28-12-14-29-16-18-31-20-22-33-23-21-32-19-17-30-15-13-28/h3-6,26H,1-2,7-23H2. The van der Waals surface area contributed by atoms with Crippen molar-refractivity contribution in [3.8, 4) is 0 Å². The van der Waals surface area contributed by atoms with E-state index in [1.165, 1.54) is 37.3 Å². The summed E-state index contributed by atoms with van der Waals surface area (Å²) in [7, 11) is 0. The number of anilines is 1. The molecule has 0 spiro atoms. The zero-order chi connectivity index (χ0) is 22.8. The topological polar surface area (TPSA) is 64.7 Å². The molecule has 2 aliphatic heterocycles. The van der Waals surface area contributed by atoms with E-state index >= 15 is 0 Å². The number of nitrogens with one attached hydrogen (secondary N) is 1. The second-order valence-corrected chi connectivity index (χ2v) is 8.41. The lowest BCUT2D eigenvalue weighted by atomic mass is 10.1. The van der Waals surface area contributed by atoms with Gasteiger partial charge in [-0.2, -0.15) is 0 Å². The molecule has 2 heterocycles. The van der Waals surface area contributed by atoms with Gasteiger partial charge in [-0.15, -0.1) is 0 Å². The molecule has 0 amide bonds. The highest BCUT2D eigenvalue weighted by molar-refractivity contribution is 5.47. The number of ether oxygens (including phenoxy) is 5. The van der Waals surface area contributed by atoms with Gasteiger partial charge in [0.25, 0.3) is 0 Å². The maximum Gasteiger partial charge on any atom is 0.0701 e. The van der Waals surface area contributed by atoms with E-state index in [0.717, 1.165) is 32.6 Å². The molecule has 188 valence electrons. The molecule has 8 nitrogen and oxygen atoms in total. The third-order valence-corrected chi connectivity index (χ3v) is 5.95. The molecule has 0 bridgehead atoms. The van der Waals surface area contributed by atoms with Crippen LogP contribution in [0.25, 0.3) is 0 Å². The Morgan fingerprint density at radius 3 is 1.61 bits per heavy atom. The van der Waals surface area contributed by atoms with Crippen molar-refractivity contribution in [2.45, 2.75) is 12.8 Å². The van der Waals surface area contributed by atoms with Gasteiger partial charge in [0.05, 0.1) is 66.1 Å². The van der Waals surface area contributed by atoms with E-state index in [-0.39, 0.29) is 0 Å². The van der Waals surface area contributed by atoms with Gasteiger partial charge in [0.2, 0.25) is 0 Å². The molecule has 8 heteroatoms. The van der Waals surface area contributed by atoms with Crippen LogP contribution in [0.15, 0.2) is 24.3 Å². The summed E-state index contributed by atoms with van der Waals surface area (Å²) in [4.78, 5) is 4.89. The Bertz CT molecular complexity index is 580. The van der Waals surface area contributed by atoms with E-state index in [1.807, 2.05) is 0 Å². The van der Waals surface area contributed by atoms with Gasteiger partial charge in [-0.3, -0.25) is 0 Å². The lowest BCUT2D eigenvalue weighted by molar-refractivity contribution is -0.0116. The highest BCUT2D eigenvalue weighted by Gasteiger charge is 2.10. The second-order valence-electron chi connectivity index (χ2n) is 8.41. The van der Waals surface area contributed by atoms with Crippen LogP contribution in [0.5, 0.6) is 0 Å². The number of benzene rings is 1. The van der Waals surface area contributed by atoms with Gasteiger partial charge < -0.3 is 38.8 Å². The third-order valence-electron chi connectivity index (χ3n) is 5.95. The Balaban J connectivity index is 1.43. The molecule has 2 fully saturated rings. The average Bonchev–Trinajstić information content (AvgIpc) is 2.85. The molecular formula is C25H43N3O5. The van der Waals surface area contributed by atoms with Crippen LogP contribution >= 0.6 is 0 Å². The van der Waals surface area contributed by atoms with Crippen molar-refractivity contribution in [3.05, 3.63) is 29.8 Å². The number of piperazine rings is 1. The maximum atomic E-state index is 5.79. The van der Waals surface area contributed by atoms with Crippen molar-refractivity contribution in [2.24, 2.45) is 0 Å². The number of hydrogen-bond acceptors (Lipinski definition) is 8. The monoisotopic (exact) mass is 465 g/mol. The Morgan fingerprint density at radius 1 is 0.606 bits per heavy atom. The number of aryl methyl sites for hydroxylation is 1. The van der Waals surface area contributed by atoms with E-state index in [0.29, 0.717) is 66.1 Å². The summed E-state index contributed by atoms with van der Waals surface area (Å²) < 4.78 is 28.1. The van der Waals surface area contributed by atoms with Crippen LogP contribution in [-0.4, -0.2) is 117 Å². The van der Waals surface area contributed by atoms with Crippen LogP contribution in [0.2, 0.25) is 0 Å². The zero-order valence-electron chi connectivity index (χ0n) is 20.2. The Hall–Kier alpha value is -1.26.